The number of fused-ring (bicyclic) bond motifs is 1. The van der Waals surface area contributed by atoms with Crippen LogP contribution in [-0.4, -0.2) is 38.3 Å². The van der Waals surface area contributed by atoms with Crippen LogP contribution >= 0.6 is 0 Å². The fraction of sp³-hybridized carbons (Fsp3) is 0.562. The van der Waals surface area contributed by atoms with E-state index >= 15 is 0 Å². The van der Waals surface area contributed by atoms with Gasteiger partial charge in [0, 0.05) is 19.8 Å². The number of benzene rings is 1. The molecular weight excluding hydrogens is 268 g/mol. The molecule has 2 aliphatic rings. The van der Waals surface area contributed by atoms with E-state index in [1.54, 1.807) is 0 Å². The molecule has 0 bridgehead atoms. The highest BCUT2D eigenvalue weighted by molar-refractivity contribution is 5.83. The molecule has 1 aromatic rings. The number of rotatable bonds is 3. The van der Waals surface area contributed by atoms with Gasteiger partial charge in [-0.3, -0.25) is 4.79 Å². The lowest BCUT2D eigenvalue weighted by atomic mass is 9.79. The monoisotopic (exact) mass is 290 g/mol. The molecule has 3 N–H and O–H groups in total. The maximum absolute atomic E-state index is 12.6. The van der Waals surface area contributed by atoms with Crippen LogP contribution in [0.2, 0.25) is 0 Å². The first-order valence-corrected chi connectivity index (χ1v) is 7.53. The Morgan fingerprint density at radius 3 is 2.86 bits per heavy atom. The van der Waals surface area contributed by atoms with Gasteiger partial charge in [-0.2, -0.15) is 0 Å². The molecule has 3 rings (SSSR count). The van der Waals surface area contributed by atoms with E-state index < -0.39 is 5.41 Å². The summed E-state index contributed by atoms with van der Waals surface area (Å²) in [6.07, 6.45) is 2.19. The molecule has 0 saturated carbocycles. The van der Waals surface area contributed by atoms with Gasteiger partial charge < -0.3 is 20.5 Å². The minimum Gasteiger partial charge on any atom is -0.491 e. The number of hydrogen-bond donors (Lipinski definition) is 2. The first-order chi connectivity index (χ1) is 10.2. The van der Waals surface area contributed by atoms with Crippen molar-refractivity contribution in [1.82, 2.24) is 5.32 Å². The molecule has 5 heteroatoms. The van der Waals surface area contributed by atoms with Crippen LogP contribution in [0.1, 0.15) is 18.4 Å². The van der Waals surface area contributed by atoms with Gasteiger partial charge in [-0.05, 0) is 30.9 Å². The van der Waals surface area contributed by atoms with E-state index in [1.165, 1.54) is 0 Å². The Bertz CT molecular complexity index is 512. The van der Waals surface area contributed by atoms with Crippen LogP contribution in [0.5, 0.6) is 5.75 Å². The number of para-hydroxylation sites is 1. The largest absolute Gasteiger partial charge is 0.491 e. The predicted molar refractivity (Wildman–Crippen MR) is 79.1 cm³/mol. The van der Waals surface area contributed by atoms with Crippen LogP contribution < -0.4 is 15.8 Å². The van der Waals surface area contributed by atoms with Crippen molar-refractivity contribution in [2.75, 3.05) is 26.4 Å². The van der Waals surface area contributed by atoms with Crippen LogP contribution in [0.25, 0.3) is 0 Å². The molecule has 5 nitrogen and oxygen atoms in total. The van der Waals surface area contributed by atoms with Crippen molar-refractivity contribution < 1.29 is 14.3 Å². The van der Waals surface area contributed by atoms with Gasteiger partial charge in [0.2, 0.25) is 5.91 Å². The number of nitrogens with two attached hydrogens (primary N) is 1. The number of carbonyl (C=O) groups excluding carboxylic acids is 1. The summed E-state index contributed by atoms with van der Waals surface area (Å²) < 4.78 is 11.1. The van der Waals surface area contributed by atoms with Gasteiger partial charge in [0.15, 0.2) is 0 Å². The summed E-state index contributed by atoms with van der Waals surface area (Å²) in [5.41, 5.74) is 6.54. The second kappa shape index (κ2) is 6.03. The Morgan fingerprint density at radius 2 is 2.10 bits per heavy atom. The lowest BCUT2D eigenvalue weighted by Crippen LogP contribution is -2.53. The summed E-state index contributed by atoms with van der Waals surface area (Å²) in [5.74, 6) is 0.962. The summed E-state index contributed by atoms with van der Waals surface area (Å²) in [6.45, 7) is 2.09. The van der Waals surface area contributed by atoms with E-state index in [-0.39, 0.29) is 11.9 Å². The minimum absolute atomic E-state index is 0.0127. The number of carbonyl (C=O) groups is 1. The molecule has 0 spiro atoms. The lowest BCUT2D eigenvalue weighted by molar-refractivity contribution is -0.137. The SMILES string of the molecule is NCC1(C(=O)NC2COc3ccccc3C2)CCOCC1. The van der Waals surface area contributed by atoms with Crippen molar-refractivity contribution >= 4 is 5.91 Å². The van der Waals surface area contributed by atoms with Crippen molar-refractivity contribution in [3.05, 3.63) is 29.8 Å². The molecule has 0 aromatic heterocycles. The van der Waals surface area contributed by atoms with Crippen LogP contribution in [-0.2, 0) is 16.0 Å². The Hall–Kier alpha value is -1.59. The molecule has 21 heavy (non-hydrogen) atoms. The van der Waals surface area contributed by atoms with E-state index in [4.69, 9.17) is 15.2 Å². The molecule has 114 valence electrons. The second-order valence-electron chi connectivity index (χ2n) is 5.89. The zero-order valence-electron chi connectivity index (χ0n) is 12.1. The van der Waals surface area contributed by atoms with Gasteiger partial charge in [0.05, 0.1) is 11.5 Å². The normalized spacial score (nSPS) is 23.8. The third-order valence-electron chi connectivity index (χ3n) is 4.54. The number of nitrogens with one attached hydrogen (secondary N) is 1. The van der Waals surface area contributed by atoms with Crippen LogP contribution in [0, 0.1) is 5.41 Å². The maximum atomic E-state index is 12.6. The van der Waals surface area contributed by atoms with Crippen LogP contribution in [0.15, 0.2) is 24.3 Å². The third-order valence-corrected chi connectivity index (χ3v) is 4.54. The average Bonchev–Trinajstić information content (AvgIpc) is 2.55. The van der Waals surface area contributed by atoms with Gasteiger partial charge in [0.1, 0.15) is 12.4 Å². The van der Waals surface area contributed by atoms with E-state index in [0.717, 1.165) is 17.7 Å². The molecular formula is C16H22N2O3. The molecule has 2 aliphatic heterocycles. The number of ether oxygens (including phenoxy) is 2. The highest BCUT2D eigenvalue weighted by Gasteiger charge is 2.39. The number of hydrogen-bond acceptors (Lipinski definition) is 4. The van der Waals surface area contributed by atoms with Gasteiger partial charge >= 0.3 is 0 Å². The highest BCUT2D eigenvalue weighted by atomic mass is 16.5. The smallest absolute Gasteiger partial charge is 0.228 e. The van der Waals surface area contributed by atoms with Gasteiger partial charge in [-0.15, -0.1) is 0 Å². The minimum atomic E-state index is -0.477. The Balaban J connectivity index is 1.65. The van der Waals surface area contributed by atoms with Crippen molar-refractivity contribution in [2.24, 2.45) is 11.1 Å². The van der Waals surface area contributed by atoms with Gasteiger partial charge in [0.25, 0.3) is 0 Å². The van der Waals surface area contributed by atoms with Crippen LogP contribution in [0.4, 0.5) is 0 Å². The van der Waals surface area contributed by atoms with Gasteiger partial charge in [-0.1, -0.05) is 18.2 Å². The molecule has 1 amide bonds. The molecule has 2 heterocycles. The lowest BCUT2D eigenvalue weighted by Gasteiger charge is -2.36. The zero-order valence-corrected chi connectivity index (χ0v) is 12.1. The molecule has 1 fully saturated rings. The third kappa shape index (κ3) is 2.89. The molecule has 1 saturated heterocycles. The molecule has 0 aliphatic carbocycles. The van der Waals surface area contributed by atoms with E-state index in [1.807, 2.05) is 24.3 Å². The van der Waals surface area contributed by atoms with Crippen LogP contribution in [0.3, 0.4) is 0 Å². The maximum Gasteiger partial charge on any atom is 0.228 e. The summed E-state index contributed by atoms with van der Waals surface area (Å²) in [6, 6.07) is 7.97. The molecule has 0 radical (unpaired) electrons. The van der Waals surface area contributed by atoms with Gasteiger partial charge in [-0.25, -0.2) is 0 Å². The number of amides is 1. The van der Waals surface area contributed by atoms with Crippen molar-refractivity contribution in [3.8, 4) is 5.75 Å². The fourth-order valence-corrected chi connectivity index (χ4v) is 3.05. The van der Waals surface area contributed by atoms with Crippen molar-refractivity contribution in [1.29, 1.82) is 0 Å². The Kier molecular flexibility index (Phi) is 4.12. The second-order valence-corrected chi connectivity index (χ2v) is 5.89. The summed E-state index contributed by atoms with van der Waals surface area (Å²) in [5, 5.41) is 3.12. The molecule has 1 atom stereocenters. The molecule has 1 aromatic carbocycles. The standard InChI is InChI=1S/C16H22N2O3/c17-11-16(5-7-20-8-6-16)15(19)18-13-9-12-3-1-2-4-14(12)21-10-13/h1-4,13H,5-11,17H2,(H,18,19). The van der Waals surface area contributed by atoms with Crippen molar-refractivity contribution in [2.45, 2.75) is 25.3 Å². The first-order valence-electron chi connectivity index (χ1n) is 7.53. The Labute approximate surface area is 124 Å². The molecule has 1 unspecified atom stereocenters. The zero-order chi connectivity index (χ0) is 14.7. The predicted octanol–water partition coefficient (Wildman–Crippen LogP) is 0.862. The summed E-state index contributed by atoms with van der Waals surface area (Å²) in [7, 11) is 0. The average molecular weight is 290 g/mol. The Morgan fingerprint density at radius 1 is 1.33 bits per heavy atom. The van der Waals surface area contributed by atoms with Crippen molar-refractivity contribution in [3.63, 3.8) is 0 Å². The summed E-state index contributed by atoms with van der Waals surface area (Å²) >= 11 is 0. The summed E-state index contributed by atoms with van der Waals surface area (Å²) in [4.78, 5) is 12.6. The topological polar surface area (TPSA) is 73.6 Å². The first kappa shape index (κ1) is 14.4. The quantitative estimate of drug-likeness (QED) is 0.866. The van der Waals surface area contributed by atoms with E-state index in [2.05, 4.69) is 5.32 Å². The van der Waals surface area contributed by atoms with E-state index in [0.29, 0.717) is 39.2 Å². The highest BCUT2D eigenvalue weighted by Crippen LogP contribution is 2.30. The fourth-order valence-electron chi connectivity index (χ4n) is 3.05. The van der Waals surface area contributed by atoms with E-state index in [9.17, 15) is 4.79 Å².